The van der Waals surface area contributed by atoms with Gasteiger partial charge in [-0.3, -0.25) is 14.4 Å². The Kier molecular flexibility index (Phi) is 7.94. The Morgan fingerprint density at radius 2 is 2.03 bits per heavy atom. The standard InChI is InChI=1S/C28H38N2O7/c1-6-14-29(18-8-10-20(35-5)11-9-18)26(33)24-28-13-12-21(37-28)22(27(34)36-7-2)23(28)25(32)30(24)19(16-31)15-17(3)4/h6,8-11,17,19,21-24,31H,1,7,12-16H2,2-5H3/t19-,21+,22-,23+,24?,28?/m1/s1. The summed E-state index contributed by atoms with van der Waals surface area (Å²) in [4.78, 5) is 44.6. The maximum Gasteiger partial charge on any atom is 0.312 e. The van der Waals surface area contributed by atoms with Gasteiger partial charge in [-0.25, -0.2) is 0 Å². The molecule has 2 bridgehead atoms. The summed E-state index contributed by atoms with van der Waals surface area (Å²) in [6.07, 6.45) is 2.69. The van der Waals surface area contributed by atoms with Crippen LogP contribution in [0.5, 0.6) is 5.75 Å². The zero-order valence-electron chi connectivity index (χ0n) is 22.1. The van der Waals surface area contributed by atoms with Gasteiger partial charge in [0.15, 0.2) is 0 Å². The fourth-order valence-electron chi connectivity index (χ4n) is 6.45. The lowest BCUT2D eigenvalue weighted by atomic mass is 9.70. The molecule has 2 amide bonds. The number of methoxy groups -OCH3 is 1. The summed E-state index contributed by atoms with van der Waals surface area (Å²) in [7, 11) is 1.57. The van der Waals surface area contributed by atoms with Gasteiger partial charge in [-0.2, -0.15) is 0 Å². The number of nitrogens with zero attached hydrogens (tertiary/aromatic N) is 2. The molecule has 0 aliphatic carbocycles. The van der Waals surface area contributed by atoms with Crippen molar-refractivity contribution in [2.45, 2.75) is 63.8 Å². The first-order chi connectivity index (χ1) is 17.7. The normalized spacial score (nSPS) is 28.8. The maximum absolute atomic E-state index is 14.5. The summed E-state index contributed by atoms with van der Waals surface area (Å²) >= 11 is 0. The predicted octanol–water partition coefficient (Wildman–Crippen LogP) is 2.56. The second-order valence-corrected chi connectivity index (χ2v) is 10.5. The van der Waals surface area contributed by atoms with Crippen LogP contribution in [0.2, 0.25) is 0 Å². The van der Waals surface area contributed by atoms with Crippen molar-refractivity contribution in [1.82, 2.24) is 4.90 Å². The van der Waals surface area contributed by atoms with Gasteiger partial charge in [-0.1, -0.05) is 19.9 Å². The summed E-state index contributed by atoms with van der Waals surface area (Å²) in [5, 5.41) is 10.4. The van der Waals surface area contributed by atoms with Crippen molar-refractivity contribution in [3.05, 3.63) is 36.9 Å². The topological polar surface area (TPSA) is 106 Å². The van der Waals surface area contributed by atoms with E-state index in [1.54, 1.807) is 49.3 Å². The molecule has 3 saturated heterocycles. The second-order valence-electron chi connectivity index (χ2n) is 10.5. The average molecular weight is 515 g/mol. The fourth-order valence-corrected chi connectivity index (χ4v) is 6.45. The van der Waals surface area contributed by atoms with E-state index in [4.69, 9.17) is 14.2 Å². The molecule has 0 aromatic heterocycles. The first-order valence-electron chi connectivity index (χ1n) is 13.1. The lowest BCUT2D eigenvalue weighted by Gasteiger charge is -2.39. The summed E-state index contributed by atoms with van der Waals surface area (Å²) < 4.78 is 17.1. The van der Waals surface area contributed by atoms with Crippen molar-refractivity contribution in [2.75, 3.05) is 31.8 Å². The van der Waals surface area contributed by atoms with Crippen LogP contribution in [0.25, 0.3) is 0 Å². The van der Waals surface area contributed by atoms with Crippen LogP contribution in [-0.2, 0) is 23.9 Å². The highest BCUT2D eigenvalue weighted by atomic mass is 16.6. The third kappa shape index (κ3) is 4.52. The molecule has 2 unspecified atom stereocenters. The SMILES string of the molecule is C=CCN(C(=O)C1N([C@@H](CO)CC(C)C)C(=O)[C@@H]2[C@H](C(=O)OCC)[C@@H]3CCC12O3)c1ccc(OC)cc1. The number of carbonyl (C=O) groups is 3. The highest BCUT2D eigenvalue weighted by Gasteiger charge is 2.75. The smallest absolute Gasteiger partial charge is 0.312 e. The monoisotopic (exact) mass is 514 g/mol. The molecule has 3 aliphatic heterocycles. The Hall–Kier alpha value is -2.91. The van der Waals surface area contributed by atoms with Crippen molar-refractivity contribution >= 4 is 23.5 Å². The molecular formula is C28H38N2O7. The summed E-state index contributed by atoms with van der Waals surface area (Å²) in [6, 6.07) is 5.51. The Morgan fingerprint density at radius 1 is 1.32 bits per heavy atom. The number of benzene rings is 1. The lowest BCUT2D eigenvalue weighted by molar-refractivity contribution is -0.155. The highest BCUT2D eigenvalue weighted by molar-refractivity contribution is 6.04. The van der Waals surface area contributed by atoms with Gasteiger partial charge in [0, 0.05) is 12.2 Å². The van der Waals surface area contributed by atoms with Gasteiger partial charge >= 0.3 is 5.97 Å². The molecule has 9 heteroatoms. The molecule has 0 saturated carbocycles. The predicted molar refractivity (Wildman–Crippen MR) is 137 cm³/mol. The molecule has 3 fully saturated rings. The number of anilines is 1. The van der Waals surface area contributed by atoms with Gasteiger partial charge in [0.05, 0.1) is 44.3 Å². The van der Waals surface area contributed by atoms with Crippen molar-refractivity contribution in [3.8, 4) is 5.75 Å². The van der Waals surface area contributed by atoms with Crippen LogP contribution in [0.3, 0.4) is 0 Å². The molecule has 6 atom stereocenters. The van der Waals surface area contributed by atoms with E-state index in [1.165, 1.54) is 4.90 Å². The van der Waals surface area contributed by atoms with Crippen molar-refractivity contribution in [3.63, 3.8) is 0 Å². The minimum atomic E-state index is -1.16. The second kappa shape index (κ2) is 10.8. The van der Waals surface area contributed by atoms with Crippen molar-refractivity contribution in [1.29, 1.82) is 0 Å². The van der Waals surface area contributed by atoms with Gasteiger partial charge in [-0.05, 0) is 56.4 Å². The van der Waals surface area contributed by atoms with Crippen LogP contribution in [0.15, 0.2) is 36.9 Å². The van der Waals surface area contributed by atoms with Gasteiger partial charge in [-0.15, -0.1) is 6.58 Å². The number of aliphatic hydroxyl groups excluding tert-OH is 1. The molecule has 202 valence electrons. The lowest BCUT2D eigenvalue weighted by Crippen LogP contribution is -2.59. The van der Waals surface area contributed by atoms with Crippen LogP contribution in [0.4, 0.5) is 5.69 Å². The van der Waals surface area contributed by atoms with E-state index in [0.717, 1.165) is 0 Å². The van der Waals surface area contributed by atoms with Crippen LogP contribution in [0.1, 0.15) is 40.0 Å². The van der Waals surface area contributed by atoms with E-state index in [0.29, 0.717) is 30.7 Å². The zero-order valence-corrected chi connectivity index (χ0v) is 22.1. The van der Waals surface area contributed by atoms with E-state index in [1.807, 2.05) is 13.8 Å². The van der Waals surface area contributed by atoms with Crippen LogP contribution in [0, 0.1) is 17.8 Å². The Bertz CT molecular complexity index is 1030. The molecule has 1 aromatic carbocycles. The first-order valence-corrected chi connectivity index (χ1v) is 13.1. The fraction of sp³-hybridized carbons (Fsp3) is 0.607. The summed E-state index contributed by atoms with van der Waals surface area (Å²) in [5.74, 6) is -1.90. The summed E-state index contributed by atoms with van der Waals surface area (Å²) in [5.41, 5.74) is -0.538. The number of amides is 2. The van der Waals surface area contributed by atoms with E-state index in [2.05, 4.69) is 6.58 Å². The minimum Gasteiger partial charge on any atom is -0.497 e. The Balaban J connectivity index is 1.80. The highest BCUT2D eigenvalue weighted by Crippen LogP contribution is 2.59. The van der Waals surface area contributed by atoms with E-state index >= 15 is 0 Å². The third-order valence-corrected chi connectivity index (χ3v) is 7.84. The first kappa shape index (κ1) is 27.1. The molecule has 1 N–H and O–H groups in total. The van der Waals surface area contributed by atoms with Crippen molar-refractivity contribution in [2.24, 2.45) is 17.8 Å². The molecule has 1 aromatic rings. The minimum absolute atomic E-state index is 0.169. The van der Waals surface area contributed by atoms with E-state index in [-0.39, 0.29) is 37.5 Å². The number of carbonyl (C=O) groups excluding carboxylic acids is 3. The quantitative estimate of drug-likeness (QED) is 0.357. The molecular weight excluding hydrogens is 476 g/mol. The molecule has 3 heterocycles. The van der Waals surface area contributed by atoms with Crippen LogP contribution < -0.4 is 9.64 Å². The number of hydrogen-bond acceptors (Lipinski definition) is 7. The number of ether oxygens (including phenoxy) is 3. The number of rotatable bonds is 11. The maximum atomic E-state index is 14.5. The number of esters is 1. The van der Waals surface area contributed by atoms with Gasteiger partial charge < -0.3 is 29.1 Å². The molecule has 3 aliphatic rings. The van der Waals surface area contributed by atoms with E-state index in [9.17, 15) is 19.5 Å². The van der Waals surface area contributed by atoms with Gasteiger partial charge in [0.2, 0.25) is 5.91 Å². The zero-order chi connectivity index (χ0) is 26.9. The van der Waals surface area contributed by atoms with Crippen molar-refractivity contribution < 1.29 is 33.7 Å². The number of likely N-dealkylation sites (tertiary alicyclic amines) is 1. The van der Waals surface area contributed by atoms with Crippen LogP contribution >= 0.6 is 0 Å². The average Bonchev–Trinajstić information content (AvgIpc) is 3.53. The number of hydrogen-bond donors (Lipinski definition) is 1. The van der Waals surface area contributed by atoms with E-state index < -0.39 is 41.6 Å². The molecule has 1 spiro atoms. The van der Waals surface area contributed by atoms with Gasteiger partial charge in [0.1, 0.15) is 17.4 Å². The largest absolute Gasteiger partial charge is 0.497 e. The van der Waals surface area contributed by atoms with Crippen LogP contribution in [-0.4, -0.2) is 78.4 Å². The summed E-state index contributed by atoms with van der Waals surface area (Å²) in [6.45, 7) is 9.67. The Labute approximate surface area is 218 Å². The molecule has 4 rings (SSSR count). The van der Waals surface area contributed by atoms with Gasteiger partial charge in [0.25, 0.3) is 5.91 Å². The molecule has 37 heavy (non-hydrogen) atoms. The Morgan fingerprint density at radius 3 is 2.59 bits per heavy atom. The number of fused-ring (bicyclic) bond motifs is 1. The molecule has 9 nitrogen and oxygen atoms in total. The number of aliphatic hydroxyl groups is 1. The third-order valence-electron chi connectivity index (χ3n) is 7.84. The molecule has 0 radical (unpaired) electrons.